The zero-order valence-electron chi connectivity index (χ0n) is 19.5. The summed E-state index contributed by atoms with van der Waals surface area (Å²) in [7, 11) is 1.70. The molecule has 0 bridgehead atoms. The fourth-order valence-electron chi connectivity index (χ4n) is 4.21. The van der Waals surface area contributed by atoms with E-state index in [4.69, 9.17) is 14.5 Å². The molecule has 172 valence electrons. The number of piperidine rings is 1. The van der Waals surface area contributed by atoms with E-state index in [9.17, 15) is 4.79 Å². The van der Waals surface area contributed by atoms with E-state index in [1.54, 1.807) is 7.11 Å². The molecule has 2 heterocycles. The Labute approximate surface area is 186 Å². The van der Waals surface area contributed by atoms with Crippen LogP contribution >= 0.6 is 0 Å². The Kier molecular flexibility index (Phi) is 8.18. The quantitative estimate of drug-likeness (QED) is 0.555. The van der Waals surface area contributed by atoms with Crippen molar-refractivity contribution in [2.24, 2.45) is 10.9 Å². The Bertz CT molecular complexity index is 751. The first-order valence-corrected chi connectivity index (χ1v) is 11.5. The van der Waals surface area contributed by atoms with Gasteiger partial charge in [0.15, 0.2) is 5.96 Å². The van der Waals surface area contributed by atoms with E-state index in [-0.39, 0.29) is 11.3 Å². The molecule has 0 atom stereocenters. The van der Waals surface area contributed by atoms with Crippen molar-refractivity contribution in [3.8, 4) is 5.75 Å². The minimum Gasteiger partial charge on any atom is -0.497 e. The lowest BCUT2D eigenvalue weighted by molar-refractivity contribution is -0.140. The van der Waals surface area contributed by atoms with Crippen LogP contribution in [0.5, 0.6) is 5.75 Å². The van der Waals surface area contributed by atoms with Crippen LogP contribution in [-0.4, -0.2) is 81.3 Å². The third-order valence-electron chi connectivity index (χ3n) is 6.28. The Balaban J connectivity index is 1.61. The van der Waals surface area contributed by atoms with Gasteiger partial charge in [-0.15, -0.1) is 0 Å². The molecule has 0 spiro atoms. The van der Waals surface area contributed by atoms with Crippen LogP contribution < -0.4 is 10.1 Å². The van der Waals surface area contributed by atoms with E-state index in [2.05, 4.69) is 43.1 Å². The second-order valence-electron chi connectivity index (χ2n) is 8.98. The van der Waals surface area contributed by atoms with Crippen LogP contribution in [0, 0.1) is 5.92 Å². The van der Waals surface area contributed by atoms with Crippen LogP contribution in [0.3, 0.4) is 0 Å². The summed E-state index contributed by atoms with van der Waals surface area (Å²) >= 11 is 0. The van der Waals surface area contributed by atoms with Gasteiger partial charge in [-0.25, -0.2) is 0 Å². The SMILES string of the molecule is CCNC(=NCC(C)(C)c1cccc(OC)c1)N1CCC(C(=O)N2CCOCC2)CC1. The number of aliphatic imine (C=N–C) groups is 1. The summed E-state index contributed by atoms with van der Waals surface area (Å²) < 4.78 is 10.8. The molecule has 2 fully saturated rings. The molecule has 0 saturated carbocycles. The van der Waals surface area contributed by atoms with Gasteiger partial charge in [-0.3, -0.25) is 9.79 Å². The number of likely N-dealkylation sites (tertiary alicyclic amines) is 1. The van der Waals surface area contributed by atoms with E-state index >= 15 is 0 Å². The van der Waals surface area contributed by atoms with Crippen LogP contribution in [0.4, 0.5) is 0 Å². The van der Waals surface area contributed by atoms with Crippen molar-refractivity contribution >= 4 is 11.9 Å². The zero-order valence-corrected chi connectivity index (χ0v) is 19.5. The number of amides is 1. The maximum atomic E-state index is 12.8. The van der Waals surface area contributed by atoms with Crippen LogP contribution in [0.1, 0.15) is 39.2 Å². The van der Waals surface area contributed by atoms with Crippen LogP contribution in [0.2, 0.25) is 0 Å². The first-order valence-electron chi connectivity index (χ1n) is 11.5. The molecule has 2 aliphatic rings. The Morgan fingerprint density at radius 2 is 1.90 bits per heavy atom. The van der Waals surface area contributed by atoms with Gasteiger partial charge in [-0.2, -0.15) is 0 Å². The molecular weight excluding hydrogens is 392 g/mol. The highest BCUT2D eigenvalue weighted by Gasteiger charge is 2.30. The van der Waals surface area contributed by atoms with Crippen molar-refractivity contribution < 1.29 is 14.3 Å². The second-order valence-corrected chi connectivity index (χ2v) is 8.98. The fraction of sp³-hybridized carbons (Fsp3) is 0.667. The number of rotatable bonds is 6. The highest BCUT2D eigenvalue weighted by molar-refractivity contribution is 5.82. The molecule has 3 rings (SSSR count). The van der Waals surface area contributed by atoms with Gasteiger partial charge >= 0.3 is 0 Å². The maximum absolute atomic E-state index is 12.8. The van der Waals surface area contributed by atoms with Gasteiger partial charge in [0.05, 0.1) is 26.9 Å². The zero-order chi connectivity index (χ0) is 22.3. The molecule has 0 radical (unpaired) electrons. The van der Waals surface area contributed by atoms with Gasteiger partial charge in [-0.1, -0.05) is 26.0 Å². The summed E-state index contributed by atoms with van der Waals surface area (Å²) in [4.78, 5) is 22.1. The van der Waals surface area contributed by atoms with Crippen LogP contribution in [-0.2, 0) is 14.9 Å². The number of nitrogens with one attached hydrogen (secondary N) is 1. The number of benzene rings is 1. The molecule has 1 N–H and O–H groups in total. The lowest BCUT2D eigenvalue weighted by Crippen LogP contribution is -2.50. The van der Waals surface area contributed by atoms with Gasteiger partial charge in [-0.05, 0) is 37.5 Å². The maximum Gasteiger partial charge on any atom is 0.225 e. The van der Waals surface area contributed by atoms with Crippen molar-refractivity contribution in [2.75, 3.05) is 59.6 Å². The number of hydrogen-bond acceptors (Lipinski definition) is 4. The summed E-state index contributed by atoms with van der Waals surface area (Å²) in [6, 6.07) is 8.22. The Morgan fingerprint density at radius 1 is 1.19 bits per heavy atom. The normalized spacial score (nSPS) is 18.8. The smallest absolute Gasteiger partial charge is 0.225 e. The van der Waals surface area contributed by atoms with Gasteiger partial charge in [0.1, 0.15) is 5.75 Å². The van der Waals surface area contributed by atoms with Crippen molar-refractivity contribution in [3.05, 3.63) is 29.8 Å². The molecular formula is C24H38N4O3. The van der Waals surface area contributed by atoms with E-state index < -0.39 is 0 Å². The number of carbonyl (C=O) groups is 1. The second kappa shape index (κ2) is 10.8. The summed E-state index contributed by atoms with van der Waals surface area (Å²) in [5.74, 6) is 2.22. The summed E-state index contributed by atoms with van der Waals surface area (Å²) in [5, 5.41) is 3.45. The molecule has 0 aromatic heterocycles. The van der Waals surface area contributed by atoms with Gasteiger partial charge in [0.25, 0.3) is 0 Å². The number of carbonyl (C=O) groups excluding carboxylic acids is 1. The minimum absolute atomic E-state index is 0.111. The minimum atomic E-state index is -0.111. The van der Waals surface area contributed by atoms with Crippen molar-refractivity contribution in [1.29, 1.82) is 0 Å². The monoisotopic (exact) mass is 430 g/mol. The highest BCUT2D eigenvalue weighted by Crippen LogP contribution is 2.27. The summed E-state index contributed by atoms with van der Waals surface area (Å²) in [6.45, 7) is 12.5. The van der Waals surface area contributed by atoms with Crippen molar-refractivity contribution in [3.63, 3.8) is 0 Å². The van der Waals surface area contributed by atoms with Crippen molar-refractivity contribution in [1.82, 2.24) is 15.1 Å². The predicted octanol–water partition coefficient (Wildman–Crippen LogP) is 2.51. The lowest BCUT2D eigenvalue weighted by Gasteiger charge is -2.37. The van der Waals surface area contributed by atoms with E-state index in [1.165, 1.54) is 5.56 Å². The number of morpholine rings is 1. The molecule has 1 aromatic rings. The van der Waals surface area contributed by atoms with Gasteiger partial charge < -0.3 is 24.6 Å². The highest BCUT2D eigenvalue weighted by atomic mass is 16.5. The largest absolute Gasteiger partial charge is 0.497 e. The summed E-state index contributed by atoms with van der Waals surface area (Å²) in [5.41, 5.74) is 1.10. The number of nitrogens with zero attached hydrogens (tertiary/aromatic N) is 3. The molecule has 2 aliphatic heterocycles. The first kappa shape index (κ1) is 23.4. The van der Waals surface area contributed by atoms with Gasteiger partial charge in [0.2, 0.25) is 5.91 Å². The molecule has 2 saturated heterocycles. The number of ether oxygens (including phenoxy) is 2. The topological polar surface area (TPSA) is 66.4 Å². The molecule has 0 aliphatic carbocycles. The van der Waals surface area contributed by atoms with E-state index in [1.807, 2.05) is 17.0 Å². The fourth-order valence-corrected chi connectivity index (χ4v) is 4.21. The van der Waals surface area contributed by atoms with E-state index in [0.717, 1.165) is 57.3 Å². The molecule has 1 aromatic carbocycles. The third kappa shape index (κ3) is 6.12. The number of methoxy groups -OCH3 is 1. The molecule has 7 heteroatoms. The molecule has 0 unspecified atom stereocenters. The average molecular weight is 431 g/mol. The van der Waals surface area contributed by atoms with Crippen LogP contribution in [0.15, 0.2) is 29.3 Å². The Morgan fingerprint density at radius 3 is 2.55 bits per heavy atom. The van der Waals surface area contributed by atoms with Gasteiger partial charge in [0, 0.05) is 44.1 Å². The van der Waals surface area contributed by atoms with Crippen molar-refractivity contribution in [2.45, 2.75) is 39.0 Å². The first-order chi connectivity index (χ1) is 14.9. The van der Waals surface area contributed by atoms with Crippen LogP contribution in [0.25, 0.3) is 0 Å². The Hall–Kier alpha value is -2.28. The number of guanidine groups is 1. The summed E-state index contributed by atoms with van der Waals surface area (Å²) in [6.07, 6.45) is 1.75. The molecule has 1 amide bonds. The molecule has 7 nitrogen and oxygen atoms in total. The standard InChI is InChI=1S/C24H38N4O3/c1-5-25-23(26-18-24(2,3)20-7-6-8-21(17-20)30-4)28-11-9-19(10-12-28)22(29)27-13-15-31-16-14-27/h6-8,17,19H,5,9-16,18H2,1-4H3,(H,25,26). The molecule has 31 heavy (non-hydrogen) atoms. The third-order valence-corrected chi connectivity index (χ3v) is 6.28. The lowest BCUT2D eigenvalue weighted by atomic mass is 9.84. The van der Waals surface area contributed by atoms with E-state index in [0.29, 0.717) is 25.7 Å². The number of hydrogen-bond donors (Lipinski definition) is 1. The predicted molar refractivity (Wildman–Crippen MR) is 124 cm³/mol. The average Bonchev–Trinajstić information content (AvgIpc) is 2.82.